The summed E-state index contributed by atoms with van der Waals surface area (Å²) in [5.74, 6) is 1.59. The molecular formula is C17H28N2O3. The van der Waals surface area contributed by atoms with Crippen molar-refractivity contribution in [2.24, 2.45) is 5.92 Å². The van der Waals surface area contributed by atoms with Gasteiger partial charge in [-0.3, -0.25) is 4.79 Å². The second-order valence-corrected chi connectivity index (χ2v) is 5.60. The van der Waals surface area contributed by atoms with Crippen LogP contribution in [0.15, 0.2) is 18.2 Å². The zero-order valence-electron chi connectivity index (χ0n) is 14.3. The van der Waals surface area contributed by atoms with Crippen molar-refractivity contribution in [2.45, 2.75) is 20.8 Å². The van der Waals surface area contributed by atoms with Gasteiger partial charge in [0.15, 0.2) is 11.5 Å². The van der Waals surface area contributed by atoms with Crippen LogP contribution in [0, 0.1) is 5.92 Å². The molecule has 1 rings (SSSR count). The first-order valence-electron chi connectivity index (χ1n) is 7.80. The van der Waals surface area contributed by atoms with Crippen molar-refractivity contribution in [2.75, 3.05) is 40.4 Å². The van der Waals surface area contributed by atoms with Crippen LogP contribution in [0.5, 0.6) is 11.5 Å². The summed E-state index contributed by atoms with van der Waals surface area (Å²) in [6, 6.07) is 5.28. The summed E-state index contributed by atoms with van der Waals surface area (Å²) in [7, 11) is 4.05. The standard InChI is InChI=1S/C17H28N2O3/c1-6-21-15-9-8-14(10-16(15)22-7-2)17(20)18-11-13(3)12-19(4)5/h8-10,13H,6-7,11-12H2,1-5H3,(H,18,20)/t13-/m0/s1. The Morgan fingerprint density at radius 2 is 1.82 bits per heavy atom. The lowest BCUT2D eigenvalue weighted by molar-refractivity contribution is 0.0945. The Kier molecular flexibility index (Phi) is 7.74. The molecule has 0 spiro atoms. The largest absolute Gasteiger partial charge is 0.490 e. The number of nitrogens with one attached hydrogen (secondary N) is 1. The molecule has 5 nitrogen and oxygen atoms in total. The van der Waals surface area contributed by atoms with Crippen LogP contribution < -0.4 is 14.8 Å². The number of ether oxygens (including phenoxy) is 2. The van der Waals surface area contributed by atoms with Crippen LogP contribution in [0.2, 0.25) is 0 Å². The van der Waals surface area contributed by atoms with Gasteiger partial charge < -0.3 is 19.7 Å². The van der Waals surface area contributed by atoms with Gasteiger partial charge in [0.25, 0.3) is 5.91 Å². The van der Waals surface area contributed by atoms with Gasteiger partial charge in [0.05, 0.1) is 13.2 Å². The van der Waals surface area contributed by atoms with Gasteiger partial charge in [0.1, 0.15) is 0 Å². The third kappa shape index (κ3) is 5.93. The molecule has 0 unspecified atom stereocenters. The normalized spacial score (nSPS) is 12.1. The van der Waals surface area contributed by atoms with Gasteiger partial charge in [0.2, 0.25) is 0 Å². The minimum Gasteiger partial charge on any atom is -0.490 e. The van der Waals surface area contributed by atoms with Crippen molar-refractivity contribution in [3.8, 4) is 11.5 Å². The van der Waals surface area contributed by atoms with Gasteiger partial charge >= 0.3 is 0 Å². The summed E-state index contributed by atoms with van der Waals surface area (Å²) in [6.07, 6.45) is 0. The predicted molar refractivity (Wildman–Crippen MR) is 88.8 cm³/mol. The lowest BCUT2D eigenvalue weighted by Crippen LogP contribution is -2.32. The highest BCUT2D eigenvalue weighted by Gasteiger charge is 2.12. The van der Waals surface area contributed by atoms with Gasteiger partial charge in [-0.25, -0.2) is 0 Å². The van der Waals surface area contributed by atoms with Crippen LogP contribution in [0.25, 0.3) is 0 Å². The first-order chi connectivity index (χ1) is 10.5. The molecule has 0 bridgehead atoms. The van der Waals surface area contributed by atoms with Gasteiger partial charge in [-0.15, -0.1) is 0 Å². The number of benzene rings is 1. The number of carbonyl (C=O) groups is 1. The van der Waals surface area contributed by atoms with E-state index in [0.29, 0.717) is 42.7 Å². The van der Waals surface area contributed by atoms with E-state index in [1.54, 1.807) is 18.2 Å². The van der Waals surface area contributed by atoms with Crippen molar-refractivity contribution in [3.63, 3.8) is 0 Å². The smallest absolute Gasteiger partial charge is 0.251 e. The van der Waals surface area contributed by atoms with E-state index in [9.17, 15) is 4.79 Å². The highest BCUT2D eigenvalue weighted by atomic mass is 16.5. The summed E-state index contributed by atoms with van der Waals surface area (Å²) >= 11 is 0. The van der Waals surface area contributed by atoms with E-state index < -0.39 is 0 Å². The Morgan fingerprint density at radius 3 is 2.41 bits per heavy atom. The molecule has 0 fully saturated rings. The topological polar surface area (TPSA) is 50.8 Å². The third-order valence-corrected chi connectivity index (χ3v) is 3.09. The maximum absolute atomic E-state index is 12.2. The zero-order chi connectivity index (χ0) is 16.5. The maximum atomic E-state index is 12.2. The molecule has 1 amide bonds. The highest BCUT2D eigenvalue weighted by Crippen LogP contribution is 2.28. The minimum atomic E-state index is -0.0883. The Bertz CT molecular complexity index is 475. The molecule has 0 saturated carbocycles. The maximum Gasteiger partial charge on any atom is 0.251 e. The molecule has 1 N–H and O–H groups in total. The summed E-state index contributed by atoms with van der Waals surface area (Å²) in [4.78, 5) is 14.4. The van der Waals surface area contributed by atoms with E-state index in [4.69, 9.17) is 9.47 Å². The molecule has 22 heavy (non-hydrogen) atoms. The molecule has 0 radical (unpaired) electrons. The van der Waals surface area contributed by atoms with E-state index in [-0.39, 0.29) is 5.91 Å². The van der Waals surface area contributed by atoms with Crippen molar-refractivity contribution in [1.29, 1.82) is 0 Å². The molecule has 0 aliphatic carbocycles. The average Bonchev–Trinajstić information content (AvgIpc) is 2.46. The molecule has 1 atom stereocenters. The number of amides is 1. The number of hydrogen-bond donors (Lipinski definition) is 1. The van der Waals surface area contributed by atoms with Crippen LogP contribution in [0.3, 0.4) is 0 Å². The Morgan fingerprint density at radius 1 is 1.18 bits per heavy atom. The second kappa shape index (κ2) is 9.30. The monoisotopic (exact) mass is 308 g/mol. The van der Waals surface area contributed by atoms with Crippen LogP contribution >= 0.6 is 0 Å². The fourth-order valence-corrected chi connectivity index (χ4v) is 2.25. The molecule has 0 heterocycles. The van der Waals surface area contributed by atoms with Crippen LogP contribution in [0.4, 0.5) is 0 Å². The molecule has 0 saturated heterocycles. The van der Waals surface area contributed by atoms with Gasteiger partial charge in [-0.05, 0) is 52.1 Å². The van der Waals surface area contributed by atoms with Crippen molar-refractivity contribution in [3.05, 3.63) is 23.8 Å². The van der Waals surface area contributed by atoms with Crippen LogP contribution in [-0.2, 0) is 0 Å². The summed E-state index contributed by atoms with van der Waals surface area (Å²) in [5, 5.41) is 2.96. The predicted octanol–water partition coefficient (Wildman–Crippen LogP) is 2.41. The fourth-order valence-electron chi connectivity index (χ4n) is 2.25. The minimum absolute atomic E-state index is 0.0883. The Balaban J connectivity index is 2.70. The quantitative estimate of drug-likeness (QED) is 0.761. The molecule has 1 aromatic rings. The number of rotatable bonds is 9. The van der Waals surface area contributed by atoms with Crippen molar-refractivity contribution in [1.82, 2.24) is 10.2 Å². The van der Waals surface area contributed by atoms with E-state index >= 15 is 0 Å². The zero-order valence-corrected chi connectivity index (χ0v) is 14.3. The van der Waals surface area contributed by atoms with Crippen molar-refractivity contribution >= 4 is 5.91 Å². The fraction of sp³-hybridized carbons (Fsp3) is 0.588. The van der Waals surface area contributed by atoms with Gasteiger partial charge in [0, 0.05) is 18.7 Å². The van der Waals surface area contributed by atoms with Crippen LogP contribution in [-0.4, -0.2) is 51.2 Å². The number of nitrogens with zero attached hydrogens (tertiary/aromatic N) is 1. The van der Waals surface area contributed by atoms with Gasteiger partial charge in [-0.2, -0.15) is 0 Å². The lowest BCUT2D eigenvalue weighted by atomic mass is 10.1. The SMILES string of the molecule is CCOc1ccc(C(=O)NC[C@H](C)CN(C)C)cc1OCC. The van der Waals surface area contributed by atoms with Gasteiger partial charge in [-0.1, -0.05) is 6.92 Å². The van der Waals surface area contributed by atoms with Crippen LogP contribution in [0.1, 0.15) is 31.1 Å². The second-order valence-electron chi connectivity index (χ2n) is 5.60. The lowest BCUT2D eigenvalue weighted by Gasteiger charge is -2.17. The Labute approximate surface area is 133 Å². The van der Waals surface area contributed by atoms with E-state index in [0.717, 1.165) is 6.54 Å². The number of carbonyl (C=O) groups excluding carboxylic acids is 1. The molecule has 0 aromatic heterocycles. The summed E-state index contributed by atoms with van der Waals surface area (Å²) < 4.78 is 11.1. The van der Waals surface area contributed by atoms with Crippen molar-refractivity contribution < 1.29 is 14.3 Å². The molecule has 1 aromatic carbocycles. The Hall–Kier alpha value is -1.75. The third-order valence-electron chi connectivity index (χ3n) is 3.09. The van der Waals surface area contributed by atoms with E-state index in [1.165, 1.54) is 0 Å². The average molecular weight is 308 g/mol. The molecule has 0 aliphatic rings. The molecule has 124 valence electrons. The first kappa shape index (κ1) is 18.3. The molecule has 0 aliphatic heterocycles. The summed E-state index contributed by atoms with van der Waals surface area (Å²) in [5.41, 5.74) is 0.587. The van der Waals surface area contributed by atoms with E-state index in [2.05, 4.69) is 17.1 Å². The molecule has 5 heteroatoms. The van der Waals surface area contributed by atoms with E-state index in [1.807, 2.05) is 27.9 Å². The molecular weight excluding hydrogens is 280 g/mol. The first-order valence-corrected chi connectivity index (χ1v) is 7.80. The number of hydrogen-bond acceptors (Lipinski definition) is 4. The highest BCUT2D eigenvalue weighted by molar-refractivity contribution is 5.94. The summed E-state index contributed by atoms with van der Waals surface area (Å²) in [6.45, 7) is 8.62.